The zero-order chi connectivity index (χ0) is 16.9. The number of anilines is 1. The van der Waals surface area contributed by atoms with Gasteiger partial charge in [-0.15, -0.1) is 0 Å². The number of carbonyl (C=O) groups excluding carboxylic acids is 2. The standard InChI is InChI=1S/C18H14F3NO2/c19-18(20,21)9-2-1-3-10(8-9)22-15(23)13-11-4-5-12(14(13)16(22)24)17(11)6-7-17/h1-5,8,11-14H,6-7H2. The molecule has 2 amide bonds. The van der Waals surface area contributed by atoms with Gasteiger partial charge in [0.15, 0.2) is 0 Å². The van der Waals surface area contributed by atoms with Gasteiger partial charge in [-0.25, -0.2) is 0 Å². The Hall–Kier alpha value is -2.11. The number of alkyl halides is 3. The van der Waals surface area contributed by atoms with E-state index in [1.165, 1.54) is 12.1 Å². The van der Waals surface area contributed by atoms with E-state index in [-0.39, 0.29) is 34.8 Å². The van der Waals surface area contributed by atoms with Crippen LogP contribution in [0.2, 0.25) is 0 Å². The molecule has 1 spiro atoms. The molecule has 4 unspecified atom stereocenters. The third kappa shape index (κ3) is 1.54. The molecule has 4 aliphatic rings. The predicted octanol–water partition coefficient (Wildman–Crippen LogP) is 3.41. The third-order valence-electron chi connectivity index (χ3n) is 6.28. The number of nitrogens with zero attached hydrogens (tertiary/aromatic N) is 1. The van der Waals surface area contributed by atoms with Gasteiger partial charge in [0, 0.05) is 0 Å². The van der Waals surface area contributed by atoms with Crippen molar-refractivity contribution in [2.75, 3.05) is 4.90 Å². The minimum absolute atomic E-state index is 0.0264. The number of imide groups is 1. The summed E-state index contributed by atoms with van der Waals surface area (Å²) in [5, 5.41) is 0. The second kappa shape index (κ2) is 4.10. The second-order valence-electron chi connectivity index (χ2n) is 7.28. The lowest BCUT2D eigenvalue weighted by molar-refractivity contribution is -0.137. The van der Waals surface area contributed by atoms with Crippen LogP contribution in [0.4, 0.5) is 18.9 Å². The Morgan fingerprint density at radius 1 is 1.00 bits per heavy atom. The highest BCUT2D eigenvalue weighted by Crippen LogP contribution is 2.73. The summed E-state index contributed by atoms with van der Waals surface area (Å²) >= 11 is 0. The number of halogens is 3. The highest BCUT2D eigenvalue weighted by molar-refractivity contribution is 6.23. The first-order chi connectivity index (χ1) is 11.3. The lowest BCUT2D eigenvalue weighted by atomic mass is 9.85. The molecule has 2 bridgehead atoms. The van der Waals surface area contributed by atoms with Crippen molar-refractivity contribution >= 4 is 17.5 Å². The van der Waals surface area contributed by atoms with Crippen LogP contribution in [0.15, 0.2) is 36.4 Å². The van der Waals surface area contributed by atoms with Crippen LogP contribution < -0.4 is 4.90 Å². The maximum Gasteiger partial charge on any atom is 0.416 e. The van der Waals surface area contributed by atoms with Gasteiger partial charge in [0.1, 0.15) is 0 Å². The molecule has 0 N–H and O–H groups in total. The number of benzene rings is 1. The molecule has 1 heterocycles. The SMILES string of the molecule is O=C1C2C(C(=O)N1c1cccc(C(F)(F)F)c1)C1C=CC2C12CC2. The molecule has 5 rings (SSSR count). The number of hydrogen-bond donors (Lipinski definition) is 0. The van der Waals surface area contributed by atoms with E-state index in [0.717, 1.165) is 29.9 Å². The van der Waals surface area contributed by atoms with E-state index in [2.05, 4.69) is 0 Å². The van der Waals surface area contributed by atoms with Crippen molar-refractivity contribution in [2.24, 2.45) is 29.1 Å². The molecule has 6 heteroatoms. The molecule has 2 saturated carbocycles. The van der Waals surface area contributed by atoms with E-state index in [0.29, 0.717) is 0 Å². The van der Waals surface area contributed by atoms with Gasteiger partial charge >= 0.3 is 6.18 Å². The van der Waals surface area contributed by atoms with Crippen molar-refractivity contribution in [3.8, 4) is 0 Å². The lowest BCUT2D eigenvalue weighted by Crippen LogP contribution is -2.34. The van der Waals surface area contributed by atoms with Gasteiger partial charge < -0.3 is 0 Å². The highest BCUT2D eigenvalue weighted by Gasteiger charge is 2.73. The Balaban J connectivity index is 1.54. The average molecular weight is 333 g/mol. The topological polar surface area (TPSA) is 37.4 Å². The van der Waals surface area contributed by atoms with Gasteiger partial charge in [-0.2, -0.15) is 13.2 Å². The molecule has 4 atom stereocenters. The molecule has 3 fully saturated rings. The molecular weight excluding hydrogens is 319 g/mol. The number of allylic oxidation sites excluding steroid dienone is 2. The van der Waals surface area contributed by atoms with Crippen LogP contribution in [0.25, 0.3) is 0 Å². The average Bonchev–Trinajstić information content (AvgIpc) is 3.12. The van der Waals surface area contributed by atoms with Crippen molar-refractivity contribution in [1.29, 1.82) is 0 Å². The quantitative estimate of drug-likeness (QED) is 0.583. The first kappa shape index (κ1) is 14.3. The fraction of sp³-hybridized carbons (Fsp3) is 0.444. The first-order valence-electron chi connectivity index (χ1n) is 8.08. The summed E-state index contributed by atoms with van der Waals surface area (Å²) in [6, 6.07) is 4.47. The summed E-state index contributed by atoms with van der Waals surface area (Å²) in [6.45, 7) is 0. The fourth-order valence-electron chi connectivity index (χ4n) is 5.15. The highest BCUT2D eigenvalue weighted by atomic mass is 19.4. The van der Waals surface area contributed by atoms with Gasteiger partial charge in [-0.3, -0.25) is 14.5 Å². The van der Waals surface area contributed by atoms with Crippen molar-refractivity contribution in [1.82, 2.24) is 0 Å². The smallest absolute Gasteiger partial charge is 0.274 e. The van der Waals surface area contributed by atoms with Gasteiger partial charge in [0.05, 0.1) is 23.1 Å². The Morgan fingerprint density at radius 3 is 2.08 bits per heavy atom. The summed E-state index contributed by atoms with van der Waals surface area (Å²) in [5.74, 6) is -1.34. The summed E-state index contributed by atoms with van der Waals surface area (Å²) < 4.78 is 38.8. The minimum Gasteiger partial charge on any atom is -0.274 e. The first-order valence-corrected chi connectivity index (χ1v) is 8.08. The van der Waals surface area contributed by atoms with E-state index in [1.54, 1.807) is 0 Å². The minimum atomic E-state index is -4.50. The number of hydrogen-bond acceptors (Lipinski definition) is 2. The molecule has 3 nitrogen and oxygen atoms in total. The van der Waals surface area contributed by atoms with Crippen LogP contribution in [-0.2, 0) is 15.8 Å². The van der Waals surface area contributed by atoms with Gasteiger partial charge in [0.25, 0.3) is 0 Å². The van der Waals surface area contributed by atoms with Crippen LogP contribution in [0.1, 0.15) is 18.4 Å². The second-order valence-corrected chi connectivity index (χ2v) is 7.28. The van der Waals surface area contributed by atoms with Crippen molar-refractivity contribution < 1.29 is 22.8 Å². The van der Waals surface area contributed by atoms with E-state index in [4.69, 9.17) is 0 Å². The summed E-state index contributed by atoms with van der Waals surface area (Å²) in [6.07, 6.45) is 1.65. The molecular formula is C18H14F3NO2. The predicted molar refractivity (Wildman–Crippen MR) is 78.7 cm³/mol. The van der Waals surface area contributed by atoms with Crippen LogP contribution in [0.3, 0.4) is 0 Å². The Labute approximate surface area is 136 Å². The van der Waals surface area contributed by atoms with Crippen molar-refractivity contribution in [3.05, 3.63) is 42.0 Å². The number of carbonyl (C=O) groups is 2. The molecule has 0 aromatic heterocycles. The molecule has 3 aliphatic carbocycles. The molecule has 1 aliphatic heterocycles. The van der Waals surface area contributed by atoms with Crippen molar-refractivity contribution in [2.45, 2.75) is 19.0 Å². The molecule has 1 saturated heterocycles. The molecule has 1 aromatic rings. The Bertz CT molecular complexity index is 775. The van der Waals surface area contributed by atoms with Crippen LogP contribution in [0.5, 0.6) is 0 Å². The maximum atomic E-state index is 12.9. The van der Waals surface area contributed by atoms with Crippen molar-refractivity contribution in [3.63, 3.8) is 0 Å². The zero-order valence-corrected chi connectivity index (χ0v) is 12.6. The van der Waals surface area contributed by atoms with Crippen LogP contribution in [0, 0.1) is 29.1 Å². The lowest BCUT2D eigenvalue weighted by Gasteiger charge is -2.22. The Morgan fingerprint density at radius 2 is 1.58 bits per heavy atom. The monoisotopic (exact) mass is 333 g/mol. The van der Waals surface area contributed by atoms with E-state index in [9.17, 15) is 22.8 Å². The van der Waals surface area contributed by atoms with Gasteiger partial charge in [-0.1, -0.05) is 18.2 Å². The summed E-state index contributed by atoms with van der Waals surface area (Å²) in [4.78, 5) is 26.7. The zero-order valence-electron chi connectivity index (χ0n) is 12.6. The fourth-order valence-corrected chi connectivity index (χ4v) is 5.15. The van der Waals surface area contributed by atoms with Crippen LogP contribution in [-0.4, -0.2) is 11.8 Å². The molecule has 1 aromatic carbocycles. The van der Waals surface area contributed by atoms with E-state index >= 15 is 0 Å². The normalized spacial score (nSPS) is 35.2. The number of fused-ring (bicyclic) bond motifs is 3. The molecule has 124 valence electrons. The summed E-state index contributed by atoms with van der Waals surface area (Å²) in [7, 11) is 0. The number of amides is 2. The van der Waals surface area contributed by atoms with Gasteiger partial charge in [0.2, 0.25) is 11.8 Å². The Kier molecular flexibility index (Phi) is 2.44. The third-order valence-corrected chi connectivity index (χ3v) is 6.28. The largest absolute Gasteiger partial charge is 0.416 e. The molecule has 24 heavy (non-hydrogen) atoms. The van der Waals surface area contributed by atoms with Gasteiger partial charge in [-0.05, 0) is 48.3 Å². The van der Waals surface area contributed by atoms with E-state index in [1.807, 2.05) is 12.2 Å². The summed E-state index contributed by atoms with van der Waals surface area (Å²) in [5.41, 5.74) is -0.739. The number of rotatable bonds is 1. The van der Waals surface area contributed by atoms with Crippen LogP contribution >= 0.6 is 0 Å². The molecule has 0 radical (unpaired) electrons. The maximum absolute atomic E-state index is 12.9. The van der Waals surface area contributed by atoms with E-state index < -0.39 is 23.6 Å².